The average molecular weight is 186 g/mol. The maximum atomic E-state index is 10.4. The normalized spacial score (nSPS) is 9.42. The van der Waals surface area contributed by atoms with Gasteiger partial charge in [-0.1, -0.05) is 11.6 Å². The van der Waals surface area contributed by atoms with Crippen molar-refractivity contribution in [3.05, 3.63) is 28.5 Å². The van der Waals surface area contributed by atoms with Gasteiger partial charge in [0.15, 0.2) is 12.0 Å². The van der Waals surface area contributed by atoms with Crippen LogP contribution in [0.3, 0.4) is 0 Å². The number of pyridine rings is 1. The van der Waals surface area contributed by atoms with Crippen LogP contribution < -0.4 is 0 Å². The topological polar surface area (TPSA) is 67.3 Å². The van der Waals surface area contributed by atoms with Gasteiger partial charge in [-0.25, -0.2) is 9.78 Å². The first-order valence-corrected chi connectivity index (χ1v) is 3.37. The molecule has 0 saturated heterocycles. The number of aromatic carboxylic acids is 1. The van der Waals surface area contributed by atoms with Crippen LogP contribution in [0.1, 0.15) is 20.8 Å². The van der Waals surface area contributed by atoms with Gasteiger partial charge in [0.05, 0.1) is 5.02 Å². The molecule has 0 aliphatic rings. The fourth-order valence-electron chi connectivity index (χ4n) is 0.723. The van der Waals surface area contributed by atoms with Crippen LogP contribution in [0.15, 0.2) is 12.3 Å². The summed E-state index contributed by atoms with van der Waals surface area (Å²) >= 11 is 5.49. The molecule has 4 nitrogen and oxygen atoms in total. The number of carbonyl (C=O) groups is 2. The predicted octanol–water partition coefficient (Wildman–Crippen LogP) is 1.25. The number of carboxylic acids is 1. The summed E-state index contributed by atoms with van der Waals surface area (Å²) in [5.41, 5.74) is -0.301. The van der Waals surface area contributed by atoms with Crippen LogP contribution in [-0.4, -0.2) is 22.3 Å². The summed E-state index contributed by atoms with van der Waals surface area (Å²) in [7, 11) is 0. The molecule has 0 amide bonds. The highest BCUT2D eigenvalue weighted by atomic mass is 35.5. The Kier molecular flexibility index (Phi) is 2.40. The number of carboxylic acid groups (broad SMARTS) is 1. The van der Waals surface area contributed by atoms with Crippen molar-refractivity contribution in [1.29, 1.82) is 0 Å². The number of halogens is 1. The van der Waals surface area contributed by atoms with Crippen molar-refractivity contribution in [2.45, 2.75) is 0 Å². The van der Waals surface area contributed by atoms with E-state index in [1.54, 1.807) is 0 Å². The molecule has 0 radical (unpaired) electrons. The van der Waals surface area contributed by atoms with E-state index < -0.39 is 5.97 Å². The van der Waals surface area contributed by atoms with Gasteiger partial charge in [0, 0.05) is 11.8 Å². The fourth-order valence-corrected chi connectivity index (χ4v) is 0.890. The minimum atomic E-state index is -1.24. The second kappa shape index (κ2) is 3.32. The molecule has 0 unspecified atom stereocenters. The van der Waals surface area contributed by atoms with Gasteiger partial charge in [0.25, 0.3) is 0 Å². The minimum absolute atomic E-state index is 0.0185. The van der Waals surface area contributed by atoms with Gasteiger partial charge in [0.2, 0.25) is 0 Å². The first-order chi connectivity index (χ1) is 5.65. The Morgan fingerprint density at radius 1 is 1.67 bits per heavy atom. The van der Waals surface area contributed by atoms with E-state index in [1.165, 1.54) is 12.3 Å². The lowest BCUT2D eigenvalue weighted by atomic mass is 10.2. The standard InChI is InChI=1S/C7H4ClNO3/c8-5-1-4(3-10)6(7(11)12)9-2-5/h1-3H,(H,11,12). The zero-order valence-corrected chi connectivity index (χ0v) is 6.58. The second-order valence-electron chi connectivity index (χ2n) is 2.01. The van der Waals surface area contributed by atoms with Gasteiger partial charge >= 0.3 is 5.97 Å². The Balaban J connectivity index is 3.29. The third kappa shape index (κ3) is 1.60. The molecule has 1 N–H and O–H groups in total. The zero-order valence-electron chi connectivity index (χ0n) is 5.82. The molecule has 0 aliphatic heterocycles. The molecule has 0 saturated carbocycles. The number of rotatable bonds is 2. The summed E-state index contributed by atoms with van der Waals surface area (Å²) in [6.07, 6.45) is 1.58. The van der Waals surface area contributed by atoms with Crippen molar-refractivity contribution in [3.63, 3.8) is 0 Å². The van der Waals surface area contributed by atoms with Crippen LogP contribution in [0.4, 0.5) is 0 Å². The zero-order chi connectivity index (χ0) is 9.14. The third-order valence-electron chi connectivity index (χ3n) is 1.21. The molecule has 0 bridgehead atoms. The van der Waals surface area contributed by atoms with Crippen molar-refractivity contribution >= 4 is 23.9 Å². The molecule has 1 aromatic heterocycles. The van der Waals surface area contributed by atoms with E-state index in [9.17, 15) is 9.59 Å². The average Bonchev–Trinajstić information content (AvgIpc) is 2.03. The molecule has 1 heterocycles. The summed E-state index contributed by atoms with van der Waals surface area (Å²) in [6.45, 7) is 0. The lowest BCUT2D eigenvalue weighted by Gasteiger charge is -1.96. The highest BCUT2D eigenvalue weighted by Gasteiger charge is 2.10. The molecule has 0 fully saturated rings. The smallest absolute Gasteiger partial charge is 0.355 e. The summed E-state index contributed by atoms with van der Waals surface area (Å²) < 4.78 is 0. The summed E-state index contributed by atoms with van der Waals surface area (Å²) in [5, 5.41) is 8.76. The number of carbonyl (C=O) groups excluding carboxylic acids is 1. The summed E-state index contributed by atoms with van der Waals surface area (Å²) in [4.78, 5) is 24.2. The van der Waals surface area contributed by atoms with Crippen molar-refractivity contribution < 1.29 is 14.7 Å². The first kappa shape index (κ1) is 8.67. The quantitative estimate of drug-likeness (QED) is 0.704. The number of aromatic nitrogens is 1. The molecule has 62 valence electrons. The van der Waals surface area contributed by atoms with Gasteiger partial charge in [-0.3, -0.25) is 4.79 Å². The lowest BCUT2D eigenvalue weighted by molar-refractivity contribution is 0.0687. The number of hydrogen-bond acceptors (Lipinski definition) is 3. The Bertz CT molecular complexity index is 337. The molecule has 0 aromatic carbocycles. The molecule has 0 spiro atoms. The van der Waals surface area contributed by atoms with Crippen LogP contribution in [0, 0.1) is 0 Å². The van der Waals surface area contributed by atoms with Crippen molar-refractivity contribution in [3.8, 4) is 0 Å². The Hall–Kier alpha value is -1.42. The highest BCUT2D eigenvalue weighted by molar-refractivity contribution is 6.30. The molecular weight excluding hydrogens is 182 g/mol. The molecule has 0 aliphatic carbocycles. The van der Waals surface area contributed by atoms with Crippen molar-refractivity contribution in [1.82, 2.24) is 4.98 Å². The van der Waals surface area contributed by atoms with E-state index in [0.717, 1.165) is 0 Å². The van der Waals surface area contributed by atoms with E-state index in [-0.39, 0.29) is 16.3 Å². The van der Waals surface area contributed by atoms with Gasteiger partial charge in [-0.05, 0) is 6.07 Å². The van der Waals surface area contributed by atoms with Gasteiger partial charge in [-0.2, -0.15) is 0 Å². The lowest BCUT2D eigenvalue weighted by Crippen LogP contribution is -2.04. The molecule has 1 aromatic rings. The van der Waals surface area contributed by atoms with Gasteiger partial charge in [0.1, 0.15) is 0 Å². The van der Waals surface area contributed by atoms with Crippen molar-refractivity contribution in [2.24, 2.45) is 0 Å². The largest absolute Gasteiger partial charge is 0.476 e. The molecule has 5 heteroatoms. The Morgan fingerprint density at radius 2 is 2.33 bits per heavy atom. The maximum absolute atomic E-state index is 10.4. The third-order valence-corrected chi connectivity index (χ3v) is 1.42. The summed E-state index contributed by atoms with van der Waals surface area (Å²) in [5.74, 6) is -1.24. The van der Waals surface area contributed by atoms with E-state index in [2.05, 4.69) is 4.98 Å². The van der Waals surface area contributed by atoms with Gasteiger partial charge < -0.3 is 5.11 Å². The monoisotopic (exact) mass is 185 g/mol. The van der Waals surface area contributed by atoms with E-state index >= 15 is 0 Å². The number of nitrogens with zero attached hydrogens (tertiary/aromatic N) is 1. The van der Waals surface area contributed by atoms with Crippen LogP contribution in [0.2, 0.25) is 5.02 Å². The second-order valence-corrected chi connectivity index (χ2v) is 2.45. The molecule has 12 heavy (non-hydrogen) atoms. The summed E-state index contributed by atoms with van der Waals surface area (Å²) in [6, 6.07) is 1.25. The van der Waals surface area contributed by atoms with Crippen LogP contribution >= 0.6 is 11.6 Å². The molecule has 1 rings (SSSR count). The van der Waals surface area contributed by atoms with Crippen LogP contribution in [-0.2, 0) is 0 Å². The fraction of sp³-hybridized carbons (Fsp3) is 0. The molecule has 0 atom stereocenters. The predicted molar refractivity (Wildman–Crippen MR) is 41.6 cm³/mol. The van der Waals surface area contributed by atoms with E-state index in [1.807, 2.05) is 0 Å². The van der Waals surface area contributed by atoms with E-state index in [4.69, 9.17) is 16.7 Å². The SMILES string of the molecule is O=Cc1cc(Cl)cnc1C(=O)O. The van der Waals surface area contributed by atoms with E-state index in [0.29, 0.717) is 6.29 Å². The maximum Gasteiger partial charge on any atom is 0.355 e. The number of aldehydes is 1. The first-order valence-electron chi connectivity index (χ1n) is 2.99. The molecular formula is C7H4ClNO3. The Labute approximate surface area is 72.8 Å². The van der Waals surface area contributed by atoms with Gasteiger partial charge in [-0.15, -0.1) is 0 Å². The van der Waals surface area contributed by atoms with Crippen LogP contribution in [0.25, 0.3) is 0 Å². The van der Waals surface area contributed by atoms with Crippen molar-refractivity contribution in [2.75, 3.05) is 0 Å². The minimum Gasteiger partial charge on any atom is -0.476 e. The number of hydrogen-bond donors (Lipinski definition) is 1. The van der Waals surface area contributed by atoms with Crippen LogP contribution in [0.5, 0.6) is 0 Å². The highest BCUT2D eigenvalue weighted by Crippen LogP contribution is 2.11. The Morgan fingerprint density at radius 3 is 2.83 bits per heavy atom.